The van der Waals surface area contributed by atoms with Crippen LogP contribution in [-0.2, 0) is 15.7 Å². The quantitative estimate of drug-likeness (QED) is 0.904. The average molecular weight is 287 g/mol. The van der Waals surface area contributed by atoms with Gasteiger partial charge in [0.05, 0.1) is 0 Å². The van der Waals surface area contributed by atoms with Gasteiger partial charge in [-0.3, -0.25) is 4.90 Å². The molecule has 1 unspecified atom stereocenters. The number of aliphatic carboxylic acids is 1. The number of carboxylic acid groups (broad SMARTS) is 1. The zero-order valence-corrected chi connectivity index (χ0v) is 13.1. The number of carboxylic acids is 1. The fraction of sp³-hybridized carbons (Fsp3) is 0.611. The number of rotatable bonds is 2. The number of carbonyl (C=O) groups is 1. The molecular formula is C18H25NO2. The first-order valence-corrected chi connectivity index (χ1v) is 8.07. The molecule has 0 aromatic heterocycles. The van der Waals surface area contributed by atoms with Gasteiger partial charge in [0.1, 0.15) is 5.54 Å². The molecule has 3 heteroatoms. The first-order chi connectivity index (χ1) is 9.98. The summed E-state index contributed by atoms with van der Waals surface area (Å²) in [6, 6.07) is 8.19. The number of hydrogen-bond acceptors (Lipinski definition) is 2. The summed E-state index contributed by atoms with van der Waals surface area (Å²) in [4.78, 5) is 14.5. The standard InChI is InChI=1S/C18H25NO2/c1-17(2)10-11-18(16(20)21,19-12-6-3-7-13-19)15-9-5-4-8-14(15)17/h4-5,8-9H,3,6-7,10-13H2,1-2H3,(H,20,21). The lowest BCUT2D eigenvalue weighted by Crippen LogP contribution is -2.57. The molecule has 1 aliphatic carbocycles. The molecule has 0 radical (unpaired) electrons. The van der Waals surface area contributed by atoms with Gasteiger partial charge in [-0.1, -0.05) is 44.5 Å². The Morgan fingerprint density at radius 2 is 1.67 bits per heavy atom. The summed E-state index contributed by atoms with van der Waals surface area (Å²) in [5, 5.41) is 10.1. The average Bonchev–Trinajstić information content (AvgIpc) is 2.48. The first kappa shape index (κ1) is 14.6. The third kappa shape index (κ3) is 2.18. The van der Waals surface area contributed by atoms with E-state index in [0.29, 0.717) is 6.42 Å². The van der Waals surface area contributed by atoms with Crippen LogP contribution in [0.15, 0.2) is 24.3 Å². The largest absolute Gasteiger partial charge is 0.480 e. The first-order valence-electron chi connectivity index (χ1n) is 8.07. The van der Waals surface area contributed by atoms with Gasteiger partial charge in [0.15, 0.2) is 0 Å². The van der Waals surface area contributed by atoms with Crippen molar-refractivity contribution in [1.29, 1.82) is 0 Å². The molecule has 3 nitrogen and oxygen atoms in total. The smallest absolute Gasteiger partial charge is 0.328 e. The van der Waals surface area contributed by atoms with Crippen molar-refractivity contribution < 1.29 is 9.90 Å². The Kier molecular flexibility index (Phi) is 3.56. The molecule has 2 aliphatic rings. The van der Waals surface area contributed by atoms with Crippen LogP contribution in [0.3, 0.4) is 0 Å². The fourth-order valence-corrected chi connectivity index (χ4v) is 4.16. The van der Waals surface area contributed by atoms with E-state index in [1.54, 1.807) is 0 Å². The molecule has 1 atom stereocenters. The molecule has 0 saturated carbocycles. The zero-order chi connectivity index (χ0) is 15.1. The van der Waals surface area contributed by atoms with Crippen molar-refractivity contribution in [1.82, 2.24) is 4.90 Å². The van der Waals surface area contributed by atoms with Crippen LogP contribution >= 0.6 is 0 Å². The van der Waals surface area contributed by atoms with Crippen LogP contribution in [0.4, 0.5) is 0 Å². The minimum absolute atomic E-state index is 0.0608. The Bertz CT molecular complexity index is 546. The second-order valence-electron chi connectivity index (χ2n) is 7.14. The van der Waals surface area contributed by atoms with E-state index in [0.717, 1.165) is 37.9 Å². The predicted octanol–water partition coefficient (Wildman–Crippen LogP) is 3.52. The van der Waals surface area contributed by atoms with Crippen LogP contribution in [0, 0.1) is 0 Å². The summed E-state index contributed by atoms with van der Waals surface area (Å²) < 4.78 is 0. The molecule has 1 aromatic carbocycles. The highest BCUT2D eigenvalue weighted by atomic mass is 16.4. The van der Waals surface area contributed by atoms with Gasteiger partial charge in [0, 0.05) is 0 Å². The van der Waals surface area contributed by atoms with Gasteiger partial charge >= 0.3 is 5.97 Å². The van der Waals surface area contributed by atoms with Crippen molar-refractivity contribution >= 4 is 5.97 Å². The lowest BCUT2D eigenvalue weighted by atomic mass is 9.64. The Morgan fingerprint density at radius 3 is 2.29 bits per heavy atom. The summed E-state index contributed by atoms with van der Waals surface area (Å²) in [6.07, 6.45) is 5.08. The highest BCUT2D eigenvalue weighted by Crippen LogP contribution is 2.48. The normalized spacial score (nSPS) is 28.9. The van der Waals surface area contributed by atoms with E-state index in [9.17, 15) is 9.90 Å². The van der Waals surface area contributed by atoms with Crippen molar-refractivity contribution in [3.05, 3.63) is 35.4 Å². The van der Waals surface area contributed by atoms with E-state index in [1.165, 1.54) is 12.0 Å². The minimum atomic E-state index is -0.813. The molecule has 0 amide bonds. The Labute approximate surface area is 127 Å². The van der Waals surface area contributed by atoms with Crippen LogP contribution in [0.1, 0.15) is 57.1 Å². The van der Waals surface area contributed by atoms with Gasteiger partial charge in [-0.05, 0) is 55.3 Å². The molecule has 0 bridgehead atoms. The van der Waals surface area contributed by atoms with Crippen LogP contribution in [0.5, 0.6) is 0 Å². The van der Waals surface area contributed by atoms with Crippen molar-refractivity contribution in [3.8, 4) is 0 Å². The Balaban J connectivity index is 2.15. The van der Waals surface area contributed by atoms with Gasteiger partial charge in [0.25, 0.3) is 0 Å². The van der Waals surface area contributed by atoms with E-state index in [4.69, 9.17) is 0 Å². The van der Waals surface area contributed by atoms with Crippen LogP contribution in [-0.4, -0.2) is 29.1 Å². The summed E-state index contributed by atoms with van der Waals surface area (Å²) >= 11 is 0. The van der Waals surface area contributed by atoms with Gasteiger partial charge < -0.3 is 5.11 Å². The SMILES string of the molecule is CC1(C)CCC(C(=O)O)(N2CCCCC2)c2ccccc21. The molecule has 1 heterocycles. The molecule has 1 fully saturated rings. The number of fused-ring (bicyclic) bond motifs is 1. The molecule has 3 rings (SSSR count). The summed E-state index contributed by atoms with van der Waals surface area (Å²) in [7, 11) is 0. The molecule has 1 aliphatic heterocycles. The lowest BCUT2D eigenvalue weighted by molar-refractivity contribution is -0.155. The second kappa shape index (κ2) is 5.13. The van der Waals surface area contributed by atoms with Crippen molar-refractivity contribution in [3.63, 3.8) is 0 Å². The monoisotopic (exact) mass is 287 g/mol. The molecular weight excluding hydrogens is 262 g/mol. The molecule has 21 heavy (non-hydrogen) atoms. The van der Waals surface area contributed by atoms with Crippen LogP contribution in [0.25, 0.3) is 0 Å². The number of hydrogen-bond donors (Lipinski definition) is 1. The van der Waals surface area contributed by atoms with E-state index < -0.39 is 11.5 Å². The second-order valence-corrected chi connectivity index (χ2v) is 7.14. The van der Waals surface area contributed by atoms with E-state index in [2.05, 4.69) is 24.8 Å². The maximum absolute atomic E-state index is 12.3. The summed E-state index contributed by atoms with van der Waals surface area (Å²) in [5.41, 5.74) is 1.48. The van der Waals surface area contributed by atoms with Crippen LogP contribution < -0.4 is 0 Å². The number of likely N-dealkylation sites (tertiary alicyclic amines) is 1. The third-order valence-corrected chi connectivity index (χ3v) is 5.46. The molecule has 114 valence electrons. The van der Waals surface area contributed by atoms with Gasteiger partial charge in [-0.15, -0.1) is 0 Å². The number of piperidine rings is 1. The molecule has 1 aromatic rings. The third-order valence-electron chi connectivity index (χ3n) is 5.46. The lowest BCUT2D eigenvalue weighted by Gasteiger charge is -2.49. The highest BCUT2D eigenvalue weighted by molar-refractivity contribution is 5.82. The summed E-state index contributed by atoms with van der Waals surface area (Å²) in [5.74, 6) is -0.674. The minimum Gasteiger partial charge on any atom is -0.480 e. The fourth-order valence-electron chi connectivity index (χ4n) is 4.16. The van der Waals surface area contributed by atoms with Gasteiger partial charge in [-0.2, -0.15) is 0 Å². The van der Waals surface area contributed by atoms with Gasteiger partial charge in [0.2, 0.25) is 0 Å². The van der Waals surface area contributed by atoms with Crippen LogP contribution in [0.2, 0.25) is 0 Å². The maximum atomic E-state index is 12.3. The molecule has 1 N–H and O–H groups in total. The maximum Gasteiger partial charge on any atom is 0.328 e. The number of nitrogens with zero attached hydrogens (tertiary/aromatic N) is 1. The molecule has 0 spiro atoms. The van der Waals surface area contributed by atoms with Crippen molar-refractivity contribution in [2.45, 2.75) is 56.9 Å². The predicted molar refractivity (Wildman–Crippen MR) is 83.4 cm³/mol. The van der Waals surface area contributed by atoms with E-state index in [-0.39, 0.29) is 5.41 Å². The zero-order valence-electron chi connectivity index (χ0n) is 13.1. The van der Waals surface area contributed by atoms with Crippen molar-refractivity contribution in [2.24, 2.45) is 0 Å². The van der Waals surface area contributed by atoms with E-state index >= 15 is 0 Å². The number of benzene rings is 1. The Hall–Kier alpha value is -1.35. The van der Waals surface area contributed by atoms with Crippen molar-refractivity contribution in [2.75, 3.05) is 13.1 Å². The van der Waals surface area contributed by atoms with E-state index in [1.807, 2.05) is 18.2 Å². The topological polar surface area (TPSA) is 40.5 Å². The van der Waals surface area contributed by atoms with Gasteiger partial charge in [-0.25, -0.2) is 4.79 Å². The summed E-state index contributed by atoms with van der Waals surface area (Å²) in [6.45, 7) is 6.27. The Morgan fingerprint density at radius 1 is 1.05 bits per heavy atom. The highest BCUT2D eigenvalue weighted by Gasteiger charge is 2.51. The molecule has 1 saturated heterocycles.